The van der Waals surface area contributed by atoms with Gasteiger partial charge in [-0.1, -0.05) is 0 Å². The van der Waals surface area contributed by atoms with Crippen molar-refractivity contribution in [2.75, 3.05) is 11.5 Å². The summed E-state index contributed by atoms with van der Waals surface area (Å²) in [6.45, 7) is 0. The van der Waals surface area contributed by atoms with Gasteiger partial charge < -0.3 is 5.11 Å². The lowest BCUT2D eigenvalue weighted by atomic mass is 9.95. The number of sulfone groups is 1. The van der Waals surface area contributed by atoms with E-state index in [0.29, 0.717) is 0 Å². The number of aliphatic carboxylic acids is 1. The minimum atomic E-state index is -3.74. The van der Waals surface area contributed by atoms with Gasteiger partial charge in [-0.2, -0.15) is 8.78 Å². The van der Waals surface area contributed by atoms with Crippen LogP contribution in [-0.4, -0.2) is 36.9 Å². The van der Waals surface area contributed by atoms with Crippen LogP contribution in [-0.2, 0) is 14.6 Å². The average Bonchev–Trinajstić information content (AvgIpc) is 2.08. The smallest absolute Gasteiger partial charge is 0.374 e. The van der Waals surface area contributed by atoms with Gasteiger partial charge in [-0.3, -0.25) is 0 Å². The van der Waals surface area contributed by atoms with Crippen molar-refractivity contribution in [1.82, 2.24) is 0 Å². The largest absolute Gasteiger partial charge is 0.477 e. The van der Waals surface area contributed by atoms with E-state index in [-0.39, 0.29) is 24.3 Å². The molecule has 1 heterocycles. The third-order valence-corrected chi connectivity index (χ3v) is 4.25. The van der Waals surface area contributed by atoms with E-state index in [1.54, 1.807) is 0 Å². The van der Waals surface area contributed by atoms with Crippen molar-refractivity contribution in [3.05, 3.63) is 0 Å². The number of carboxylic acid groups (broad SMARTS) is 1. The van der Waals surface area contributed by atoms with Crippen LogP contribution in [0.5, 0.6) is 0 Å². The van der Waals surface area contributed by atoms with Gasteiger partial charge in [0.15, 0.2) is 0 Å². The van der Waals surface area contributed by atoms with Gasteiger partial charge in [0.25, 0.3) is 0 Å². The minimum absolute atomic E-state index is 0.118. The Hall–Kier alpha value is -0.720. The Morgan fingerprint density at radius 2 is 1.80 bits per heavy atom. The summed E-state index contributed by atoms with van der Waals surface area (Å²) in [5.41, 5.74) is 0. The predicted molar refractivity (Wildman–Crippen MR) is 48.6 cm³/mol. The molecule has 0 atom stereocenters. The molecule has 0 radical (unpaired) electrons. The molecule has 88 valence electrons. The number of rotatable bonds is 3. The van der Waals surface area contributed by atoms with Crippen molar-refractivity contribution in [2.45, 2.75) is 25.2 Å². The maximum Gasteiger partial charge on any atom is 0.374 e. The summed E-state index contributed by atoms with van der Waals surface area (Å²) >= 11 is 0. The van der Waals surface area contributed by atoms with E-state index in [4.69, 9.17) is 5.11 Å². The molecule has 4 nitrogen and oxygen atoms in total. The number of carboxylic acids is 1. The van der Waals surface area contributed by atoms with Crippen LogP contribution in [0.15, 0.2) is 0 Å². The van der Waals surface area contributed by atoms with Crippen LogP contribution >= 0.6 is 0 Å². The molecule has 0 spiro atoms. The normalized spacial score (nSPS) is 22.5. The molecule has 0 aromatic rings. The van der Waals surface area contributed by atoms with E-state index >= 15 is 0 Å². The van der Waals surface area contributed by atoms with E-state index < -0.39 is 34.1 Å². The zero-order valence-electron chi connectivity index (χ0n) is 7.95. The third-order valence-electron chi connectivity index (χ3n) is 2.53. The highest BCUT2D eigenvalue weighted by molar-refractivity contribution is 7.91. The van der Waals surface area contributed by atoms with Gasteiger partial charge in [0.2, 0.25) is 0 Å². The Morgan fingerprint density at radius 3 is 2.20 bits per heavy atom. The number of halogens is 2. The quantitative estimate of drug-likeness (QED) is 0.798. The van der Waals surface area contributed by atoms with Gasteiger partial charge in [0, 0.05) is 6.42 Å². The molecule has 0 aromatic heterocycles. The highest BCUT2D eigenvalue weighted by Gasteiger charge is 2.42. The molecule has 1 N–H and O–H groups in total. The average molecular weight is 242 g/mol. The molecule has 1 rings (SSSR count). The summed E-state index contributed by atoms with van der Waals surface area (Å²) in [5.74, 6) is -6.64. The zero-order chi connectivity index (χ0) is 11.7. The summed E-state index contributed by atoms with van der Waals surface area (Å²) in [4.78, 5) is 10.2. The number of carbonyl (C=O) groups is 1. The highest BCUT2D eigenvalue weighted by atomic mass is 32.2. The molecule has 0 saturated carbocycles. The minimum Gasteiger partial charge on any atom is -0.477 e. The molecule has 0 aliphatic carbocycles. The Labute approximate surface area is 86.2 Å². The summed E-state index contributed by atoms with van der Waals surface area (Å²) in [6, 6.07) is 0. The van der Waals surface area contributed by atoms with Crippen LogP contribution in [0.4, 0.5) is 8.78 Å². The molecular weight excluding hydrogens is 230 g/mol. The van der Waals surface area contributed by atoms with Gasteiger partial charge in [0.1, 0.15) is 9.84 Å². The number of alkyl halides is 2. The molecule has 1 saturated heterocycles. The fourth-order valence-corrected chi connectivity index (χ4v) is 3.18. The fourth-order valence-electron chi connectivity index (χ4n) is 1.59. The first kappa shape index (κ1) is 12.4. The Kier molecular flexibility index (Phi) is 3.32. The highest BCUT2D eigenvalue weighted by Crippen LogP contribution is 2.30. The van der Waals surface area contributed by atoms with Gasteiger partial charge in [-0.25, -0.2) is 13.2 Å². The van der Waals surface area contributed by atoms with Gasteiger partial charge in [0.05, 0.1) is 11.5 Å². The van der Waals surface area contributed by atoms with Crippen molar-refractivity contribution in [2.24, 2.45) is 5.92 Å². The molecular formula is C8H12F2O4S. The molecule has 7 heteroatoms. The zero-order valence-corrected chi connectivity index (χ0v) is 8.77. The molecule has 0 amide bonds. The van der Waals surface area contributed by atoms with Crippen LogP contribution in [0.3, 0.4) is 0 Å². The van der Waals surface area contributed by atoms with Crippen molar-refractivity contribution >= 4 is 15.8 Å². The Balaban J connectivity index is 2.53. The van der Waals surface area contributed by atoms with E-state index in [9.17, 15) is 22.0 Å². The van der Waals surface area contributed by atoms with Gasteiger partial charge in [-0.15, -0.1) is 0 Å². The van der Waals surface area contributed by atoms with E-state index in [1.165, 1.54) is 0 Å². The monoisotopic (exact) mass is 242 g/mol. The Morgan fingerprint density at radius 1 is 1.33 bits per heavy atom. The van der Waals surface area contributed by atoms with Crippen molar-refractivity contribution < 1.29 is 27.1 Å². The lowest BCUT2D eigenvalue weighted by Crippen LogP contribution is -2.34. The second-order valence-corrected chi connectivity index (χ2v) is 6.11. The maximum atomic E-state index is 12.8. The lowest BCUT2D eigenvalue weighted by molar-refractivity contribution is -0.167. The van der Waals surface area contributed by atoms with Crippen LogP contribution in [0.1, 0.15) is 19.3 Å². The topological polar surface area (TPSA) is 71.4 Å². The van der Waals surface area contributed by atoms with Gasteiger partial charge >= 0.3 is 11.9 Å². The third kappa shape index (κ3) is 3.40. The second-order valence-electron chi connectivity index (χ2n) is 3.81. The first-order chi connectivity index (χ1) is 6.73. The van der Waals surface area contributed by atoms with Crippen LogP contribution < -0.4 is 0 Å². The SMILES string of the molecule is O=C(O)C(F)(F)CC1CCS(=O)(=O)CC1. The van der Waals surface area contributed by atoms with Crippen molar-refractivity contribution in [3.8, 4) is 0 Å². The Bertz CT molecular complexity index is 336. The van der Waals surface area contributed by atoms with Crippen LogP contribution in [0, 0.1) is 5.92 Å². The second kappa shape index (κ2) is 4.03. The summed E-state index contributed by atoms with van der Waals surface area (Å²) in [6.07, 6.45) is -0.506. The van der Waals surface area contributed by atoms with E-state index in [0.717, 1.165) is 0 Å². The molecule has 1 aliphatic heterocycles. The first-order valence-electron chi connectivity index (χ1n) is 4.54. The maximum absolute atomic E-state index is 12.8. The van der Waals surface area contributed by atoms with E-state index in [2.05, 4.69) is 0 Å². The molecule has 15 heavy (non-hydrogen) atoms. The summed E-state index contributed by atoms with van der Waals surface area (Å²) in [7, 11) is -3.08. The summed E-state index contributed by atoms with van der Waals surface area (Å²) in [5, 5.41) is 8.21. The van der Waals surface area contributed by atoms with Crippen LogP contribution in [0.2, 0.25) is 0 Å². The van der Waals surface area contributed by atoms with Crippen LogP contribution in [0.25, 0.3) is 0 Å². The van der Waals surface area contributed by atoms with Gasteiger partial charge in [-0.05, 0) is 18.8 Å². The number of hydrogen-bond donors (Lipinski definition) is 1. The van der Waals surface area contributed by atoms with Crippen molar-refractivity contribution in [3.63, 3.8) is 0 Å². The fraction of sp³-hybridized carbons (Fsp3) is 0.875. The predicted octanol–water partition coefficient (Wildman–Crippen LogP) is 0.921. The van der Waals surface area contributed by atoms with E-state index in [1.807, 2.05) is 0 Å². The van der Waals surface area contributed by atoms with Crippen molar-refractivity contribution in [1.29, 1.82) is 0 Å². The molecule has 0 bridgehead atoms. The molecule has 1 fully saturated rings. The first-order valence-corrected chi connectivity index (χ1v) is 6.37. The number of hydrogen-bond acceptors (Lipinski definition) is 3. The summed E-state index contributed by atoms with van der Waals surface area (Å²) < 4.78 is 47.5. The standard InChI is InChI=1S/C8H12F2O4S/c9-8(10,7(11)12)5-6-1-3-15(13,14)4-2-6/h6H,1-5H2,(H,11,12). The molecule has 0 aromatic carbocycles. The molecule has 1 aliphatic rings. The lowest BCUT2D eigenvalue weighted by Gasteiger charge is -2.24. The molecule has 0 unspecified atom stereocenters.